The fraction of sp³-hybridized carbons (Fsp3) is 0.250. The van der Waals surface area contributed by atoms with Crippen molar-refractivity contribution in [3.63, 3.8) is 0 Å². The number of hydrogen-bond acceptors (Lipinski definition) is 1. The predicted molar refractivity (Wildman–Crippen MR) is 80.5 cm³/mol. The van der Waals surface area contributed by atoms with E-state index in [4.69, 9.17) is 0 Å². The van der Waals surface area contributed by atoms with Crippen molar-refractivity contribution in [2.45, 2.75) is 25.9 Å². The molecule has 0 aliphatic carbocycles. The van der Waals surface area contributed by atoms with Gasteiger partial charge in [-0.2, -0.15) is 0 Å². The Morgan fingerprint density at radius 2 is 1.28 bits per heavy atom. The molecule has 1 unspecified atom stereocenters. The highest BCUT2D eigenvalue weighted by molar-refractivity contribution is 9.10. The molecule has 0 aliphatic rings. The lowest BCUT2D eigenvalue weighted by Gasteiger charge is -2.20. The highest BCUT2D eigenvalue weighted by Gasteiger charge is 2.10. The third-order valence-corrected chi connectivity index (χ3v) is 3.70. The summed E-state index contributed by atoms with van der Waals surface area (Å²) in [5.74, 6) is 0. The third-order valence-electron chi connectivity index (χ3n) is 3.17. The van der Waals surface area contributed by atoms with Crippen LogP contribution in [0.3, 0.4) is 0 Å². The molecule has 0 aliphatic heterocycles. The lowest BCUT2D eigenvalue weighted by atomic mass is 10.0. The Bertz CT molecular complexity index is 478. The first-order chi connectivity index (χ1) is 8.66. The van der Waals surface area contributed by atoms with Crippen LogP contribution in [0, 0.1) is 0 Å². The molecule has 2 heteroatoms. The molecule has 0 fully saturated rings. The van der Waals surface area contributed by atoms with Crippen LogP contribution in [-0.4, -0.2) is 0 Å². The summed E-state index contributed by atoms with van der Waals surface area (Å²) in [6.45, 7) is 4.40. The molecule has 0 bridgehead atoms. The van der Waals surface area contributed by atoms with Crippen LogP contribution in [-0.2, 0) is 0 Å². The van der Waals surface area contributed by atoms with Crippen LogP contribution in [0.25, 0.3) is 0 Å². The Labute approximate surface area is 117 Å². The molecule has 18 heavy (non-hydrogen) atoms. The van der Waals surface area contributed by atoms with E-state index in [2.05, 4.69) is 83.6 Å². The average molecular weight is 304 g/mol. The number of benzene rings is 2. The summed E-state index contributed by atoms with van der Waals surface area (Å²) in [5, 5.41) is 3.62. The van der Waals surface area contributed by atoms with Crippen molar-refractivity contribution in [2.24, 2.45) is 0 Å². The average Bonchev–Trinajstić information content (AvgIpc) is 2.40. The molecule has 2 aromatic carbocycles. The number of hydrogen-bond donors (Lipinski definition) is 1. The van der Waals surface area contributed by atoms with E-state index in [1.165, 1.54) is 11.1 Å². The van der Waals surface area contributed by atoms with Crippen molar-refractivity contribution in [1.29, 1.82) is 0 Å². The second-order valence-corrected chi connectivity index (χ2v) is 5.49. The quantitative estimate of drug-likeness (QED) is 0.850. The van der Waals surface area contributed by atoms with Crippen LogP contribution in [0.4, 0.5) is 0 Å². The number of halogens is 1. The van der Waals surface area contributed by atoms with Crippen molar-refractivity contribution in [3.05, 3.63) is 70.2 Å². The molecular formula is C16H18BrN. The summed E-state index contributed by atoms with van der Waals surface area (Å²) in [6.07, 6.45) is 0. The van der Waals surface area contributed by atoms with Crippen LogP contribution in [0.1, 0.15) is 37.1 Å². The molecule has 0 amide bonds. The van der Waals surface area contributed by atoms with Crippen molar-refractivity contribution >= 4 is 15.9 Å². The van der Waals surface area contributed by atoms with Crippen molar-refractivity contribution in [3.8, 4) is 0 Å². The fourth-order valence-corrected chi connectivity index (χ4v) is 2.32. The van der Waals surface area contributed by atoms with E-state index in [1.54, 1.807) is 0 Å². The lowest BCUT2D eigenvalue weighted by molar-refractivity contribution is 0.494. The second-order valence-electron chi connectivity index (χ2n) is 4.57. The molecule has 0 saturated heterocycles. The topological polar surface area (TPSA) is 12.0 Å². The first-order valence-corrected chi connectivity index (χ1v) is 7.02. The molecule has 1 N–H and O–H groups in total. The summed E-state index contributed by atoms with van der Waals surface area (Å²) >= 11 is 3.46. The van der Waals surface area contributed by atoms with E-state index in [9.17, 15) is 0 Å². The summed E-state index contributed by atoms with van der Waals surface area (Å²) in [4.78, 5) is 0. The van der Waals surface area contributed by atoms with E-state index in [-0.39, 0.29) is 0 Å². The van der Waals surface area contributed by atoms with Gasteiger partial charge in [-0.1, -0.05) is 58.4 Å². The highest BCUT2D eigenvalue weighted by atomic mass is 79.9. The standard InChI is InChI=1S/C16H18BrN/c1-12(14-6-4-3-5-7-14)18-13(2)15-8-10-16(17)11-9-15/h3-13,18H,1-2H3/t12-,13?/m1/s1. The van der Waals surface area contributed by atoms with Crippen LogP contribution in [0.5, 0.6) is 0 Å². The molecule has 0 saturated carbocycles. The molecular weight excluding hydrogens is 286 g/mol. The van der Waals surface area contributed by atoms with Gasteiger partial charge in [-0.3, -0.25) is 0 Å². The smallest absolute Gasteiger partial charge is 0.0297 e. The summed E-state index contributed by atoms with van der Waals surface area (Å²) in [6, 6.07) is 19.7. The van der Waals surface area contributed by atoms with Gasteiger partial charge in [0.2, 0.25) is 0 Å². The minimum absolute atomic E-state index is 0.341. The maximum atomic E-state index is 3.62. The molecule has 0 radical (unpaired) electrons. The lowest BCUT2D eigenvalue weighted by Crippen LogP contribution is -2.22. The Kier molecular flexibility index (Phi) is 4.56. The third kappa shape index (κ3) is 3.44. The summed E-state index contributed by atoms with van der Waals surface area (Å²) < 4.78 is 1.12. The molecule has 0 spiro atoms. The van der Waals surface area contributed by atoms with Crippen LogP contribution in [0.2, 0.25) is 0 Å². The minimum atomic E-state index is 0.341. The van der Waals surface area contributed by atoms with Gasteiger partial charge in [-0.05, 0) is 37.1 Å². The molecule has 0 aromatic heterocycles. The van der Waals surface area contributed by atoms with Gasteiger partial charge >= 0.3 is 0 Å². The van der Waals surface area contributed by atoms with Gasteiger partial charge < -0.3 is 5.32 Å². The van der Waals surface area contributed by atoms with E-state index in [1.807, 2.05) is 6.07 Å². The van der Waals surface area contributed by atoms with Crippen molar-refractivity contribution < 1.29 is 0 Å². The van der Waals surface area contributed by atoms with E-state index in [0.717, 1.165) is 4.47 Å². The summed E-state index contributed by atoms with van der Waals surface area (Å²) in [5.41, 5.74) is 2.63. The van der Waals surface area contributed by atoms with Gasteiger partial charge in [0.1, 0.15) is 0 Å². The first kappa shape index (κ1) is 13.3. The second kappa shape index (κ2) is 6.17. The van der Waals surface area contributed by atoms with Crippen LogP contribution in [0.15, 0.2) is 59.1 Å². The maximum absolute atomic E-state index is 3.62. The molecule has 1 nitrogen and oxygen atoms in total. The Hall–Kier alpha value is -1.12. The Morgan fingerprint density at radius 1 is 0.778 bits per heavy atom. The Morgan fingerprint density at radius 3 is 1.83 bits per heavy atom. The van der Waals surface area contributed by atoms with Crippen molar-refractivity contribution in [1.82, 2.24) is 5.32 Å². The van der Waals surface area contributed by atoms with Crippen LogP contribution < -0.4 is 5.32 Å². The zero-order chi connectivity index (χ0) is 13.0. The minimum Gasteiger partial charge on any atom is -0.304 e. The molecule has 2 rings (SSSR count). The zero-order valence-electron chi connectivity index (χ0n) is 10.7. The zero-order valence-corrected chi connectivity index (χ0v) is 12.3. The van der Waals surface area contributed by atoms with E-state index in [0.29, 0.717) is 12.1 Å². The number of nitrogens with one attached hydrogen (secondary N) is 1. The Balaban J connectivity index is 2.03. The monoisotopic (exact) mass is 303 g/mol. The van der Waals surface area contributed by atoms with E-state index < -0.39 is 0 Å². The molecule has 2 atom stereocenters. The SMILES string of the molecule is CC(N[C@H](C)c1ccccc1)c1ccc(Br)cc1. The molecule has 2 aromatic rings. The number of rotatable bonds is 4. The fourth-order valence-electron chi connectivity index (χ4n) is 2.06. The van der Waals surface area contributed by atoms with Gasteiger partial charge in [-0.25, -0.2) is 0 Å². The van der Waals surface area contributed by atoms with Gasteiger partial charge in [0.25, 0.3) is 0 Å². The van der Waals surface area contributed by atoms with Gasteiger partial charge in [0.15, 0.2) is 0 Å². The van der Waals surface area contributed by atoms with Crippen LogP contribution >= 0.6 is 15.9 Å². The largest absolute Gasteiger partial charge is 0.304 e. The normalized spacial score (nSPS) is 14.2. The first-order valence-electron chi connectivity index (χ1n) is 6.23. The molecule has 94 valence electrons. The maximum Gasteiger partial charge on any atom is 0.0297 e. The predicted octanol–water partition coefficient (Wildman–Crippen LogP) is 4.86. The van der Waals surface area contributed by atoms with Crippen molar-refractivity contribution in [2.75, 3.05) is 0 Å². The van der Waals surface area contributed by atoms with Gasteiger partial charge in [0, 0.05) is 16.6 Å². The summed E-state index contributed by atoms with van der Waals surface area (Å²) in [7, 11) is 0. The van der Waals surface area contributed by atoms with E-state index >= 15 is 0 Å². The molecule has 0 heterocycles. The highest BCUT2D eigenvalue weighted by Crippen LogP contribution is 2.20. The van der Waals surface area contributed by atoms with Gasteiger partial charge in [0.05, 0.1) is 0 Å². The van der Waals surface area contributed by atoms with Gasteiger partial charge in [-0.15, -0.1) is 0 Å².